The molecule has 3 heterocycles. The van der Waals surface area contributed by atoms with Gasteiger partial charge in [0.2, 0.25) is 10.0 Å². The molecule has 2 aromatic carbocycles. The summed E-state index contributed by atoms with van der Waals surface area (Å²) in [7, 11) is -3.51. The number of ether oxygens (including phenoxy) is 1. The van der Waals surface area contributed by atoms with Gasteiger partial charge < -0.3 is 10.1 Å². The highest BCUT2D eigenvalue weighted by atomic mass is 32.2. The van der Waals surface area contributed by atoms with E-state index in [0.29, 0.717) is 37.7 Å². The normalized spacial score (nSPS) is 15.5. The second kappa shape index (κ2) is 8.33. The minimum Gasteiger partial charge on any atom is -0.379 e. The maximum atomic E-state index is 12.7. The molecule has 0 radical (unpaired) electrons. The third kappa shape index (κ3) is 3.99. The molecule has 31 heavy (non-hydrogen) atoms. The number of carbonyl (C=O) groups is 1. The molecule has 0 aliphatic carbocycles. The molecular formula is C22H20N2O4S3. The smallest absolute Gasteiger partial charge is 0.261 e. The summed E-state index contributed by atoms with van der Waals surface area (Å²) >= 11 is 3.19. The molecule has 160 valence electrons. The Morgan fingerprint density at radius 1 is 1.00 bits per heavy atom. The van der Waals surface area contributed by atoms with Gasteiger partial charge in [0.15, 0.2) is 0 Å². The Morgan fingerprint density at radius 3 is 2.52 bits per heavy atom. The highest BCUT2D eigenvalue weighted by molar-refractivity contribution is 7.89. The van der Waals surface area contributed by atoms with Crippen molar-refractivity contribution in [2.75, 3.05) is 26.3 Å². The largest absolute Gasteiger partial charge is 0.379 e. The van der Waals surface area contributed by atoms with Gasteiger partial charge in [-0.05, 0) is 29.8 Å². The molecule has 1 N–H and O–H groups in total. The molecule has 1 aliphatic heterocycles. The number of morpholine rings is 1. The number of hydrogen-bond acceptors (Lipinski definition) is 6. The zero-order valence-electron chi connectivity index (χ0n) is 16.5. The summed E-state index contributed by atoms with van der Waals surface area (Å²) in [5.41, 5.74) is 0.845. The van der Waals surface area contributed by atoms with Gasteiger partial charge >= 0.3 is 0 Å². The Balaban J connectivity index is 1.26. The van der Waals surface area contributed by atoms with E-state index in [4.69, 9.17) is 4.74 Å². The van der Waals surface area contributed by atoms with Crippen LogP contribution in [0.4, 0.5) is 0 Å². The van der Waals surface area contributed by atoms with E-state index in [1.165, 1.54) is 25.7 Å². The predicted molar refractivity (Wildman–Crippen MR) is 124 cm³/mol. The summed E-state index contributed by atoms with van der Waals surface area (Å²) in [4.78, 5) is 13.6. The topological polar surface area (TPSA) is 75.7 Å². The first-order chi connectivity index (χ1) is 15.0. The molecule has 6 nitrogen and oxygen atoms in total. The van der Waals surface area contributed by atoms with Crippen molar-refractivity contribution in [3.8, 4) is 0 Å². The van der Waals surface area contributed by atoms with Crippen LogP contribution in [0.2, 0.25) is 0 Å². The third-order valence-corrected chi connectivity index (χ3v) is 9.58. The molecular weight excluding hydrogens is 452 g/mol. The van der Waals surface area contributed by atoms with Crippen LogP contribution >= 0.6 is 22.7 Å². The van der Waals surface area contributed by atoms with E-state index in [9.17, 15) is 13.2 Å². The molecule has 0 unspecified atom stereocenters. The summed E-state index contributed by atoms with van der Waals surface area (Å²) in [5.74, 6) is -0.123. The van der Waals surface area contributed by atoms with Gasteiger partial charge in [-0.25, -0.2) is 8.42 Å². The number of amides is 1. The summed E-state index contributed by atoms with van der Waals surface area (Å²) in [5, 5.41) is 4.12. The van der Waals surface area contributed by atoms with Crippen LogP contribution in [0.3, 0.4) is 0 Å². The highest BCUT2D eigenvalue weighted by Gasteiger charge is 2.26. The standard InChI is InChI=1S/C22H20N2O4S3/c25-22(20-13-19-21(30-20)17-3-1-2-4-18(17)29-19)23-14-15-5-7-16(8-6-15)31(26,27)24-9-11-28-12-10-24/h1-8,13H,9-12,14H2,(H,23,25). The molecule has 5 rings (SSSR count). The van der Waals surface area contributed by atoms with E-state index < -0.39 is 10.0 Å². The number of thiophene rings is 2. The maximum absolute atomic E-state index is 12.7. The van der Waals surface area contributed by atoms with Crippen molar-refractivity contribution in [1.82, 2.24) is 9.62 Å². The van der Waals surface area contributed by atoms with Gasteiger partial charge in [-0.2, -0.15) is 4.31 Å². The first-order valence-corrected chi connectivity index (χ1v) is 13.0. The van der Waals surface area contributed by atoms with Crippen LogP contribution in [-0.4, -0.2) is 44.9 Å². The predicted octanol–water partition coefficient (Wildman–Crippen LogP) is 4.07. The zero-order valence-corrected chi connectivity index (χ0v) is 19.0. The number of rotatable bonds is 5. The van der Waals surface area contributed by atoms with E-state index in [2.05, 4.69) is 17.4 Å². The molecule has 0 saturated carbocycles. The minimum absolute atomic E-state index is 0.123. The van der Waals surface area contributed by atoms with Gasteiger partial charge in [0, 0.05) is 34.4 Å². The lowest BCUT2D eigenvalue weighted by Gasteiger charge is -2.26. The van der Waals surface area contributed by atoms with Crippen LogP contribution in [0.5, 0.6) is 0 Å². The van der Waals surface area contributed by atoms with Gasteiger partial charge in [-0.3, -0.25) is 4.79 Å². The SMILES string of the molecule is O=C(NCc1ccc(S(=O)(=O)N2CCOCC2)cc1)c1cc2sc3ccccc3c2s1. The first kappa shape index (κ1) is 20.6. The number of benzene rings is 2. The van der Waals surface area contributed by atoms with Crippen molar-refractivity contribution in [3.63, 3.8) is 0 Å². The molecule has 1 amide bonds. The fourth-order valence-corrected chi connectivity index (χ4v) is 7.45. The lowest BCUT2D eigenvalue weighted by molar-refractivity contribution is 0.0730. The summed E-state index contributed by atoms with van der Waals surface area (Å²) in [6.07, 6.45) is 0. The van der Waals surface area contributed by atoms with E-state index >= 15 is 0 Å². The monoisotopic (exact) mass is 472 g/mol. The molecule has 1 fully saturated rings. The van der Waals surface area contributed by atoms with E-state index in [-0.39, 0.29) is 10.8 Å². The molecule has 4 aromatic rings. The lowest BCUT2D eigenvalue weighted by Crippen LogP contribution is -2.40. The summed E-state index contributed by atoms with van der Waals surface area (Å²) < 4.78 is 35.6. The summed E-state index contributed by atoms with van der Waals surface area (Å²) in [6, 6.07) is 16.8. The average molecular weight is 473 g/mol. The van der Waals surface area contributed by atoms with Crippen molar-refractivity contribution in [2.45, 2.75) is 11.4 Å². The van der Waals surface area contributed by atoms with Crippen LogP contribution < -0.4 is 5.32 Å². The molecule has 0 atom stereocenters. The summed E-state index contributed by atoms with van der Waals surface area (Å²) in [6.45, 7) is 1.91. The van der Waals surface area contributed by atoms with Crippen LogP contribution in [0.1, 0.15) is 15.2 Å². The fraction of sp³-hybridized carbons (Fsp3) is 0.227. The van der Waals surface area contributed by atoms with Crippen molar-refractivity contribution in [2.24, 2.45) is 0 Å². The highest BCUT2D eigenvalue weighted by Crippen LogP contribution is 2.39. The van der Waals surface area contributed by atoms with E-state index in [1.54, 1.807) is 35.6 Å². The number of carbonyl (C=O) groups excluding carboxylic acids is 1. The quantitative estimate of drug-likeness (QED) is 0.475. The lowest BCUT2D eigenvalue weighted by atomic mass is 10.2. The molecule has 0 spiro atoms. The second-order valence-corrected chi connectivity index (χ2v) is 11.3. The molecule has 2 aromatic heterocycles. The number of nitrogens with one attached hydrogen (secondary N) is 1. The fourth-order valence-electron chi connectivity index (χ4n) is 3.60. The van der Waals surface area contributed by atoms with Gasteiger partial charge in [0.05, 0.1) is 27.7 Å². The first-order valence-electron chi connectivity index (χ1n) is 9.88. The third-order valence-electron chi connectivity index (χ3n) is 5.26. The number of sulfonamides is 1. The van der Waals surface area contributed by atoms with Crippen molar-refractivity contribution in [3.05, 3.63) is 65.0 Å². The van der Waals surface area contributed by atoms with Crippen LogP contribution in [-0.2, 0) is 21.3 Å². The van der Waals surface area contributed by atoms with E-state index in [1.807, 2.05) is 18.2 Å². The molecule has 1 aliphatic rings. The van der Waals surface area contributed by atoms with Gasteiger partial charge in [-0.15, -0.1) is 22.7 Å². The van der Waals surface area contributed by atoms with Gasteiger partial charge in [-0.1, -0.05) is 30.3 Å². The zero-order chi connectivity index (χ0) is 21.4. The van der Waals surface area contributed by atoms with Crippen molar-refractivity contribution in [1.29, 1.82) is 0 Å². The number of fused-ring (bicyclic) bond motifs is 3. The van der Waals surface area contributed by atoms with Gasteiger partial charge in [0.1, 0.15) is 0 Å². The van der Waals surface area contributed by atoms with Crippen LogP contribution in [0, 0.1) is 0 Å². The van der Waals surface area contributed by atoms with Gasteiger partial charge in [0.25, 0.3) is 5.91 Å². The van der Waals surface area contributed by atoms with Crippen LogP contribution in [0.25, 0.3) is 19.5 Å². The van der Waals surface area contributed by atoms with Crippen LogP contribution in [0.15, 0.2) is 59.5 Å². The van der Waals surface area contributed by atoms with Crippen molar-refractivity contribution < 1.29 is 17.9 Å². The average Bonchev–Trinajstić information content (AvgIpc) is 3.37. The molecule has 9 heteroatoms. The second-order valence-electron chi connectivity index (χ2n) is 7.25. The Morgan fingerprint density at radius 2 is 1.74 bits per heavy atom. The number of nitrogens with zero attached hydrogens (tertiary/aromatic N) is 1. The van der Waals surface area contributed by atoms with Crippen molar-refractivity contribution >= 4 is 58.1 Å². The Bertz CT molecular complexity index is 1350. The maximum Gasteiger partial charge on any atom is 0.261 e. The molecule has 0 bridgehead atoms. The Labute approximate surface area is 188 Å². The molecule has 1 saturated heterocycles. The Hall–Kier alpha value is -2.30. The Kier molecular flexibility index (Phi) is 5.53. The number of hydrogen-bond donors (Lipinski definition) is 1. The van der Waals surface area contributed by atoms with E-state index in [0.717, 1.165) is 15.0 Å². The minimum atomic E-state index is -3.51.